The summed E-state index contributed by atoms with van der Waals surface area (Å²) in [6, 6.07) is 7.72. The van der Waals surface area contributed by atoms with Crippen LogP contribution in [0, 0.1) is 0 Å². The SMILES string of the molecule is NCc1cc(C(=O)n2c(=O)oc3ccc(N)cc32)ccn1. The number of pyridine rings is 1. The maximum absolute atomic E-state index is 12.5. The minimum Gasteiger partial charge on any atom is -0.407 e. The Balaban J connectivity index is 2.19. The van der Waals surface area contributed by atoms with Crippen molar-refractivity contribution in [1.29, 1.82) is 0 Å². The van der Waals surface area contributed by atoms with E-state index in [1.54, 1.807) is 18.2 Å². The number of nitrogen functional groups attached to an aromatic ring is 1. The molecule has 0 aliphatic heterocycles. The zero-order valence-electron chi connectivity index (χ0n) is 10.9. The number of hydrogen-bond donors (Lipinski definition) is 2. The van der Waals surface area contributed by atoms with E-state index in [2.05, 4.69) is 4.98 Å². The molecule has 0 aliphatic carbocycles. The summed E-state index contributed by atoms with van der Waals surface area (Å²) in [7, 11) is 0. The summed E-state index contributed by atoms with van der Waals surface area (Å²) in [6.07, 6.45) is 1.47. The molecule has 3 aromatic rings. The molecule has 2 heterocycles. The summed E-state index contributed by atoms with van der Waals surface area (Å²) in [5.74, 6) is -1.27. The predicted octanol–water partition coefficient (Wildman–Crippen LogP) is 0.719. The van der Waals surface area contributed by atoms with E-state index in [0.29, 0.717) is 28.0 Å². The second-order valence-electron chi connectivity index (χ2n) is 4.48. The lowest BCUT2D eigenvalue weighted by Gasteiger charge is -2.03. The molecule has 0 unspecified atom stereocenters. The van der Waals surface area contributed by atoms with Gasteiger partial charge in [0.2, 0.25) is 0 Å². The Morgan fingerprint density at radius 3 is 2.86 bits per heavy atom. The highest BCUT2D eigenvalue weighted by Gasteiger charge is 2.18. The number of carbonyl (C=O) groups is 1. The first-order chi connectivity index (χ1) is 10.1. The highest BCUT2D eigenvalue weighted by Crippen LogP contribution is 2.17. The van der Waals surface area contributed by atoms with Gasteiger partial charge < -0.3 is 15.9 Å². The molecule has 7 heteroatoms. The van der Waals surface area contributed by atoms with Crippen LogP contribution in [0.1, 0.15) is 16.1 Å². The van der Waals surface area contributed by atoms with E-state index < -0.39 is 11.7 Å². The summed E-state index contributed by atoms with van der Waals surface area (Å²) in [5, 5.41) is 0. The molecule has 0 saturated heterocycles. The molecule has 0 bridgehead atoms. The molecular weight excluding hydrogens is 272 g/mol. The number of aromatic nitrogens is 2. The molecule has 3 rings (SSSR count). The quantitative estimate of drug-likeness (QED) is 0.669. The largest absolute Gasteiger partial charge is 0.427 e. The number of rotatable bonds is 2. The summed E-state index contributed by atoms with van der Waals surface area (Å²) in [4.78, 5) is 28.4. The Morgan fingerprint density at radius 2 is 2.10 bits per heavy atom. The first-order valence-electron chi connectivity index (χ1n) is 6.21. The highest BCUT2D eigenvalue weighted by molar-refractivity contribution is 6.01. The van der Waals surface area contributed by atoms with Gasteiger partial charge in [-0.05, 0) is 30.3 Å². The van der Waals surface area contributed by atoms with E-state index in [0.717, 1.165) is 4.57 Å². The predicted molar refractivity (Wildman–Crippen MR) is 76.7 cm³/mol. The molecule has 2 aromatic heterocycles. The van der Waals surface area contributed by atoms with Crippen molar-refractivity contribution in [3.8, 4) is 0 Å². The molecule has 0 saturated carbocycles. The number of anilines is 1. The van der Waals surface area contributed by atoms with Crippen LogP contribution in [0.5, 0.6) is 0 Å². The van der Waals surface area contributed by atoms with Crippen molar-refractivity contribution in [1.82, 2.24) is 9.55 Å². The smallest absolute Gasteiger partial charge is 0.407 e. The van der Waals surface area contributed by atoms with Crippen molar-refractivity contribution in [3.05, 3.63) is 58.3 Å². The van der Waals surface area contributed by atoms with Crippen LogP contribution < -0.4 is 17.2 Å². The van der Waals surface area contributed by atoms with E-state index in [-0.39, 0.29) is 6.54 Å². The Bertz CT molecular complexity index is 895. The number of oxazole rings is 1. The average molecular weight is 284 g/mol. The molecule has 0 aliphatic rings. The minimum absolute atomic E-state index is 0.203. The van der Waals surface area contributed by atoms with Gasteiger partial charge in [0, 0.05) is 24.0 Å². The van der Waals surface area contributed by atoms with Crippen LogP contribution in [0.3, 0.4) is 0 Å². The Kier molecular flexibility index (Phi) is 3.03. The van der Waals surface area contributed by atoms with Crippen molar-refractivity contribution >= 4 is 22.7 Å². The highest BCUT2D eigenvalue weighted by atomic mass is 16.4. The topological polar surface area (TPSA) is 117 Å². The summed E-state index contributed by atoms with van der Waals surface area (Å²) < 4.78 is 5.99. The van der Waals surface area contributed by atoms with Crippen molar-refractivity contribution in [2.45, 2.75) is 6.54 Å². The third-order valence-corrected chi connectivity index (χ3v) is 3.08. The number of fused-ring (bicyclic) bond motifs is 1. The van der Waals surface area contributed by atoms with Gasteiger partial charge in [0.1, 0.15) is 5.52 Å². The van der Waals surface area contributed by atoms with E-state index in [1.165, 1.54) is 18.3 Å². The Labute approximate surface area is 118 Å². The van der Waals surface area contributed by atoms with Gasteiger partial charge in [-0.25, -0.2) is 9.36 Å². The van der Waals surface area contributed by atoms with Gasteiger partial charge in [0.15, 0.2) is 5.58 Å². The summed E-state index contributed by atoms with van der Waals surface area (Å²) in [6.45, 7) is 0.203. The standard InChI is InChI=1S/C14H12N4O3/c15-7-10-5-8(3-4-17-10)13(19)18-11-6-9(16)1-2-12(11)21-14(18)20/h1-6H,7,15-16H2. The summed E-state index contributed by atoms with van der Waals surface area (Å²) in [5.41, 5.74) is 13.1. The lowest BCUT2D eigenvalue weighted by molar-refractivity contribution is 0.0956. The molecule has 0 atom stereocenters. The van der Waals surface area contributed by atoms with Crippen LogP contribution in [0.15, 0.2) is 45.7 Å². The molecular formula is C14H12N4O3. The van der Waals surface area contributed by atoms with Crippen LogP contribution in [0.2, 0.25) is 0 Å². The summed E-state index contributed by atoms with van der Waals surface area (Å²) >= 11 is 0. The van der Waals surface area contributed by atoms with Crippen molar-refractivity contribution in [2.75, 3.05) is 5.73 Å². The molecule has 7 nitrogen and oxygen atoms in total. The fourth-order valence-electron chi connectivity index (χ4n) is 2.08. The molecule has 4 N–H and O–H groups in total. The molecule has 21 heavy (non-hydrogen) atoms. The fraction of sp³-hybridized carbons (Fsp3) is 0.0714. The molecule has 0 spiro atoms. The normalized spacial score (nSPS) is 10.9. The molecule has 1 aromatic carbocycles. The zero-order chi connectivity index (χ0) is 15.0. The third-order valence-electron chi connectivity index (χ3n) is 3.08. The van der Waals surface area contributed by atoms with Gasteiger partial charge in [-0.3, -0.25) is 9.78 Å². The van der Waals surface area contributed by atoms with Crippen LogP contribution in [0.4, 0.5) is 5.69 Å². The van der Waals surface area contributed by atoms with E-state index in [4.69, 9.17) is 15.9 Å². The Hall–Kier alpha value is -2.93. The number of nitrogens with two attached hydrogens (primary N) is 2. The molecule has 106 valence electrons. The van der Waals surface area contributed by atoms with Crippen molar-refractivity contribution in [2.24, 2.45) is 5.73 Å². The number of benzene rings is 1. The van der Waals surface area contributed by atoms with Crippen molar-refractivity contribution in [3.63, 3.8) is 0 Å². The third kappa shape index (κ3) is 2.19. The van der Waals surface area contributed by atoms with Gasteiger partial charge >= 0.3 is 5.76 Å². The van der Waals surface area contributed by atoms with Crippen LogP contribution in [-0.4, -0.2) is 15.5 Å². The second-order valence-corrected chi connectivity index (χ2v) is 4.48. The molecule has 0 amide bonds. The van der Waals surface area contributed by atoms with E-state index in [9.17, 15) is 9.59 Å². The first-order valence-corrected chi connectivity index (χ1v) is 6.21. The fourth-order valence-corrected chi connectivity index (χ4v) is 2.08. The van der Waals surface area contributed by atoms with E-state index >= 15 is 0 Å². The minimum atomic E-state index is -0.758. The van der Waals surface area contributed by atoms with Gasteiger partial charge in [-0.2, -0.15) is 0 Å². The molecule has 0 fully saturated rings. The second kappa shape index (κ2) is 4.88. The average Bonchev–Trinajstić information content (AvgIpc) is 2.81. The lowest BCUT2D eigenvalue weighted by atomic mass is 10.2. The van der Waals surface area contributed by atoms with Gasteiger partial charge in [0.05, 0.1) is 5.69 Å². The number of carbonyl (C=O) groups excluding carboxylic acids is 1. The van der Waals surface area contributed by atoms with Gasteiger partial charge in [-0.15, -0.1) is 0 Å². The van der Waals surface area contributed by atoms with Crippen LogP contribution in [0.25, 0.3) is 11.1 Å². The lowest BCUT2D eigenvalue weighted by Crippen LogP contribution is -2.23. The number of hydrogen-bond acceptors (Lipinski definition) is 6. The maximum atomic E-state index is 12.5. The van der Waals surface area contributed by atoms with Gasteiger partial charge in [0.25, 0.3) is 5.91 Å². The Morgan fingerprint density at radius 1 is 1.29 bits per heavy atom. The van der Waals surface area contributed by atoms with E-state index in [1.807, 2.05) is 0 Å². The van der Waals surface area contributed by atoms with Crippen LogP contribution >= 0.6 is 0 Å². The molecule has 0 radical (unpaired) electrons. The van der Waals surface area contributed by atoms with Crippen LogP contribution in [-0.2, 0) is 6.54 Å². The van der Waals surface area contributed by atoms with Gasteiger partial charge in [-0.1, -0.05) is 0 Å². The maximum Gasteiger partial charge on any atom is 0.427 e. The van der Waals surface area contributed by atoms with Crippen molar-refractivity contribution < 1.29 is 9.21 Å². The number of nitrogens with zero attached hydrogens (tertiary/aromatic N) is 2. The first kappa shape index (κ1) is 13.1. The zero-order valence-corrected chi connectivity index (χ0v) is 10.9. The monoisotopic (exact) mass is 284 g/mol.